The van der Waals surface area contributed by atoms with Gasteiger partial charge < -0.3 is 15.4 Å². The van der Waals surface area contributed by atoms with Gasteiger partial charge in [-0.3, -0.25) is 4.90 Å². The Hall–Kier alpha value is -0.810. The van der Waals surface area contributed by atoms with Crippen LogP contribution in [0.2, 0.25) is 0 Å². The lowest BCUT2D eigenvalue weighted by Gasteiger charge is -2.27. The topological polar surface area (TPSA) is 58.8 Å². The molecule has 2 N–H and O–H groups in total. The van der Waals surface area contributed by atoms with Crippen LogP contribution in [-0.4, -0.2) is 60.3 Å². The summed E-state index contributed by atoms with van der Waals surface area (Å²) in [5.41, 5.74) is 5.45. The van der Waals surface area contributed by atoms with Crippen molar-refractivity contribution in [3.63, 3.8) is 0 Å². The smallest absolute Gasteiger partial charge is 0.410 e. The van der Waals surface area contributed by atoms with E-state index >= 15 is 0 Å². The standard InChI is InChI=1S/C14H27N3O2/c1-14(2,3)19-13(18)17-9-11(8-15)12(10-17)16-6-4-5-7-16/h11-12H,4-10,15H2,1-3H3/t11-,12-/m0/s1. The number of carbonyl (C=O) groups excluding carboxylic acids is 1. The molecule has 0 aromatic heterocycles. The van der Waals surface area contributed by atoms with Gasteiger partial charge in [-0.25, -0.2) is 4.79 Å². The number of nitrogens with two attached hydrogens (primary N) is 1. The van der Waals surface area contributed by atoms with E-state index in [4.69, 9.17) is 10.5 Å². The molecule has 0 aromatic carbocycles. The van der Waals surface area contributed by atoms with E-state index in [0.717, 1.165) is 26.2 Å². The number of nitrogens with zero attached hydrogens (tertiary/aromatic N) is 2. The van der Waals surface area contributed by atoms with Crippen LogP contribution in [-0.2, 0) is 4.74 Å². The lowest BCUT2D eigenvalue weighted by molar-refractivity contribution is 0.0280. The molecule has 0 aromatic rings. The molecule has 0 spiro atoms. The molecule has 19 heavy (non-hydrogen) atoms. The number of amides is 1. The van der Waals surface area contributed by atoms with Crippen LogP contribution in [0.3, 0.4) is 0 Å². The first-order chi connectivity index (χ1) is 8.90. The van der Waals surface area contributed by atoms with Crippen molar-refractivity contribution in [3.05, 3.63) is 0 Å². The van der Waals surface area contributed by atoms with Crippen LogP contribution in [0.1, 0.15) is 33.6 Å². The number of carbonyl (C=O) groups is 1. The van der Waals surface area contributed by atoms with E-state index in [1.807, 2.05) is 25.7 Å². The fourth-order valence-electron chi connectivity index (χ4n) is 3.05. The van der Waals surface area contributed by atoms with E-state index in [2.05, 4.69) is 4.90 Å². The number of rotatable bonds is 2. The van der Waals surface area contributed by atoms with Gasteiger partial charge in [0.05, 0.1) is 0 Å². The van der Waals surface area contributed by atoms with E-state index < -0.39 is 5.60 Å². The van der Waals surface area contributed by atoms with E-state index in [9.17, 15) is 4.79 Å². The summed E-state index contributed by atoms with van der Waals surface area (Å²) in [6.45, 7) is 10.1. The molecule has 0 unspecified atom stereocenters. The normalized spacial score (nSPS) is 28.9. The van der Waals surface area contributed by atoms with Crippen molar-refractivity contribution in [1.82, 2.24) is 9.80 Å². The van der Waals surface area contributed by atoms with Gasteiger partial charge in [-0.15, -0.1) is 0 Å². The van der Waals surface area contributed by atoms with Crippen molar-refractivity contribution in [2.75, 3.05) is 32.7 Å². The van der Waals surface area contributed by atoms with Crippen molar-refractivity contribution in [2.45, 2.75) is 45.3 Å². The summed E-state index contributed by atoms with van der Waals surface area (Å²) in [4.78, 5) is 16.4. The van der Waals surface area contributed by atoms with Gasteiger partial charge >= 0.3 is 6.09 Å². The van der Waals surface area contributed by atoms with Gasteiger partial charge in [-0.2, -0.15) is 0 Å². The average Bonchev–Trinajstić information content (AvgIpc) is 2.95. The Morgan fingerprint density at radius 1 is 1.26 bits per heavy atom. The number of hydrogen-bond acceptors (Lipinski definition) is 4. The largest absolute Gasteiger partial charge is 0.444 e. The van der Waals surface area contributed by atoms with Gasteiger partial charge in [0, 0.05) is 25.0 Å². The lowest BCUT2D eigenvalue weighted by atomic mass is 10.0. The van der Waals surface area contributed by atoms with Crippen molar-refractivity contribution in [3.8, 4) is 0 Å². The molecule has 5 heteroatoms. The summed E-state index contributed by atoms with van der Waals surface area (Å²) < 4.78 is 5.45. The number of hydrogen-bond donors (Lipinski definition) is 1. The second kappa shape index (κ2) is 5.67. The van der Waals surface area contributed by atoms with Gasteiger partial charge in [0.2, 0.25) is 0 Å². The maximum Gasteiger partial charge on any atom is 0.410 e. The molecule has 110 valence electrons. The second-order valence-corrected chi connectivity index (χ2v) is 6.69. The van der Waals surface area contributed by atoms with E-state index in [1.165, 1.54) is 12.8 Å². The molecule has 0 radical (unpaired) electrons. The first kappa shape index (κ1) is 14.6. The third-order valence-corrected chi connectivity index (χ3v) is 3.97. The first-order valence-corrected chi connectivity index (χ1v) is 7.33. The molecule has 0 aliphatic carbocycles. The van der Waals surface area contributed by atoms with Crippen molar-refractivity contribution >= 4 is 6.09 Å². The zero-order valence-corrected chi connectivity index (χ0v) is 12.4. The van der Waals surface area contributed by atoms with Crippen LogP contribution in [0.4, 0.5) is 4.79 Å². The van der Waals surface area contributed by atoms with Gasteiger partial charge in [-0.1, -0.05) is 0 Å². The Bertz CT molecular complexity index is 321. The highest BCUT2D eigenvalue weighted by Gasteiger charge is 2.39. The van der Waals surface area contributed by atoms with Crippen LogP contribution < -0.4 is 5.73 Å². The third kappa shape index (κ3) is 3.60. The van der Waals surface area contributed by atoms with Crippen molar-refractivity contribution in [1.29, 1.82) is 0 Å². The monoisotopic (exact) mass is 269 g/mol. The Kier molecular flexibility index (Phi) is 4.36. The fourth-order valence-corrected chi connectivity index (χ4v) is 3.05. The quantitative estimate of drug-likeness (QED) is 0.820. The first-order valence-electron chi connectivity index (χ1n) is 7.33. The molecule has 1 amide bonds. The van der Waals surface area contributed by atoms with E-state index in [1.54, 1.807) is 0 Å². The van der Waals surface area contributed by atoms with Crippen LogP contribution in [0.15, 0.2) is 0 Å². The Morgan fingerprint density at radius 2 is 1.89 bits per heavy atom. The molecule has 2 aliphatic rings. The van der Waals surface area contributed by atoms with Crippen LogP contribution in [0.25, 0.3) is 0 Å². The summed E-state index contributed by atoms with van der Waals surface area (Å²) in [5.74, 6) is 0.380. The molecule has 2 atom stereocenters. The minimum Gasteiger partial charge on any atom is -0.444 e. The summed E-state index contributed by atoms with van der Waals surface area (Å²) in [6.07, 6.45) is 2.33. The third-order valence-electron chi connectivity index (χ3n) is 3.97. The maximum absolute atomic E-state index is 12.1. The van der Waals surface area contributed by atoms with Gasteiger partial charge in [0.15, 0.2) is 0 Å². The predicted molar refractivity (Wildman–Crippen MR) is 74.9 cm³/mol. The van der Waals surface area contributed by atoms with Gasteiger partial charge in [-0.05, 0) is 53.2 Å². The summed E-state index contributed by atoms with van der Waals surface area (Å²) in [6, 6.07) is 0.417. The molecule has 0 saturated carbocycles. The van der Waals surface area contributed by atoms with E-state index in [-0.39, 0.29) is 6.09 Å². The highest BCUT2D eigenvalue weighted by Crippen LogP contribution is 2.26. The second-order valence-electron chi connectivity index (χ2n) is 6.69. The average molecular weight is 269 g/mol. The van der Waals surface area contributed by atoms with Gasteiger partial charge in [0.1, 0.15) is 5.60 Å². The number of likely N-dealkylation sites (tertiary alicyclic amines) is 2. The zero-order valence-electron chi connectivity index (χ0n) is 12.4. The van der Waals surface area contributed by atoms with Crippen LogP contribution in [0.5, 0.6) is 0 Å². The molecule has 2 fully saturated rings. The molecule has 0 bridgehead atoms. The zero-order chi connectivity index (χ0) is 14.0. The van der Waals surface area contributed by atoms with Crippen LogP contribution in [0, 0.1) is 5.92 Å². The fraction of sp³-hybridized carbons (Fsp3) is 0.929. The molecule has 2 saturated heterocycles. The van der Waals surface area contributed by atoms with Gasteiger partial charge in [0.25, 0.3) is 0 Å². The van der Waals surface area contributed by atoms with Crippen molar-refractivity contribution in [2.24, 2.45) is 11.7 Å². The summed E-state index contributed by atoms with van der Waals surface area (Å²) in [5, 5.41) is 0. The summed E-state index contributed by atoms with van der Waals surface area (Å²) in [7, 11) is 0. The SMILES string of the molecule is CC(C)(C)OC(=O)N1C[C@H](CN)[C@@H](N2CCCC2)C1. The Morgan fingerprint density at radius 3 is 2.42 bits per heavy atom. The Balaban J connectivity index is 1.96. The summed E-state index contributed by atoms with van der Waals surface area (Å²) >= 11 is 0. The van der Waals surface area contributed by atoms with Crippen molar-refractivity contribution < 1.29 is 9.53 Å². The predicted octanol–water partition coefficient (Wildman–Crippen LogP) is 1.28. The van der Waals surface area contributed by atoms with Crippen LogP contribution >= 0.6 is 0 Å². The number of ether oxygens (including phenoxy) is 1. The molecule has 2 aliphatic heterocycles. The highest BCUT2D eigenvalue weighted by molar-refractivity contribution is 5.68. The molecule has 2 heterocycles. The molecular formula is C14H27N3O2. The highest BCUT2D eigenvalue weighted by atomic mass is 16.6. The minimum atomic E-state index is -0.430. The van der Waals surface area contributed by atoms with E-state index in [0.29, 0.717) is 18.5 Å². The lowest BCUT2D eigenvalue weighted by Crippen LogP contribution is -2.41. The molecule has 5 nitrogen and oxygen atoms in total. The molecule has 2 rings (SSSR count). The Labute approximate surface area is 116 Å². The minimum absolute atomic E-state index is 0.201. The molecular weight excluding hydrogens is 242 g/mol. The maximum atomic E-state index is 12.1.